The van der Waals surface area contributed by atoms with Gasteiger partial charge in [-0.15, -0.1) is 0 Å². The van der Waals surface area contributed by atoms with Crippen molar-refractivity contribution in [3.63, 3.8) is 0 Å². The first-order valence-electron chi connectivity index (χ1n) is 5.10. The summed E-state index contributed by atoms with van der Waals surface area (Å²) in [6.07, 6.45) is -0.482. The number of ether oxygens (including phenoxy) is 1. The van der Waals surface area contributed by atoms with E-state index < -0.39 is 11.6 Å². The topological polar surface area (TPSA) is 29.5 Å². The second-order valence-corrected chi connectivity index (χ2v) is 5.43. The lowest BCUT2D eigenvalue weighted by atomic mass is 10.1. The van der Waals surface area contributed by atoms with Crippen LogP contribution in [-0.2, 0) is 4.74 Å². The molecule has 0 aliphatic carbocycles. The summed E-state index contributed by atoms with van der Waals surface area (Å²) in [7, 11) is 1.32. The molecule has 5 heteroatoms. The molecule has 0 atom stereocenters. The number of anilines is 1. The molecular weight excluding hydrogens is 289 g/mol. The molecule has 3 nitrogen and oxygen atoms in total. The molecule has 17 heavy (non-hydrogen) atoms. The van der Waals surface area contributed by atoms with Crippen LogP contribution in [0.15, 0.2) is 22.7 Å². The van der Waals surface area contributed by atoms with Gasteiger partial charge in [0.05, 0.1) is 12.8 Å². The van der Waals surface area contributed by atoms with Gasteiger partial charge in [0.25, 0.3) is 0 Å². The van der Waals surface area contributed by atoms with Crippen LogP contribution in [0.3, 0.4) is 0 Å². The lowest BCUT2D eigenvalue weighted by Gasteiger charge is -2.34. The summed E-state index contributed by atoms with van der Waals surface area (Å²) in [4.78, 5) is 13.3. The van der Waals surface area contributed by atoms with Crippen LogP contribution < -0.4 is 4.90 Å². The highest BCUT2D eigenvalue weighted by Crippen LogP contribution is 2.32. The van der Waals surface area contributed by atoms with E-state index in [1.54, 1.807) is 6.07 Å². The zero-order valence-electron chi connectivity index (χ0n) is 10.3. The number of halogens is 2. The number of hydrogen-bond acceptors (Lipinski definition) is 2. The van der Waals surface area contributed by atoms with Crippen LogP contribution in [0.2, 0.25) is 0 Å². The summed E-state index contributed by atoms with van der Waals surface area (Å²) in [6, 6.07) is 4.17. The zero-order chi connectivity index (χ0) is 13.2. The minimum absolute atomic E-state index is 0.362. The predicted octanol–water partition coefficient (Wildman–Crippen LogP) is 3.96. The minimum Gasteiger partial charge on any atom is -0.452 e. The Morgan fingerprint density at radius 1 is 1.41 bits per heavy atom. The van der Waals surface area contributed by atoms with Crippen molar-refractivity contribution < 1.29 is 13.9 Å². The van der Waals surface area contributed by atoms with Crippen molar-refractivity contribution in [2.75, 3.05) is 12.0 Å². The van der Waals surface area contributed by atoms with Crippen LogP contribution in [0.25, 0.3) is 0 Å². The summed E-state index contributed by atoms with van der Waals surface area (Å²) >= 11 is 3.25. The molecule has 0 aliphatic rings. The molecule has 0 radical (unpaired) electrons. The number of methoxy groups -OCH3 is 1. The van der Waals surface area contributed by atoms with E-state index in [4.69, 9.17) is 4.74 Å². The monoisotopic (exact) mass is 303 g/mol. The van der Waals surface area contributed by atoms with Gasteiger partial charge in [-0.1, -0.05) is 0 Å². The largest absolute Gasteiger partial charge is 0.452 e. The quantitative estimate of drug-likeness (QED) is 0.786. The first-order chi connectivity index (χ1) is 7.77. The van der Waals surface area contributed by atoms with Gasteiger partial charge in [-0.25, -0.2) is 9.18 Å². The first kappa shape index (κ1) is 14.0. The molecule has 0 saturated heterocycles. The van der Waals surface area contributed by atoms with Crippen LogP contribution >= 0.6 is 15.9 Å². The Hall–Kier alpha value is -1.10. The number of rotatable bonds is 1. The van der Waals surface area contributed by atoms with Crippen LogP contribution in [0, 0.1) is 5.82 Å². The lowest BCUT2D eigenvalue weighted by molar-refractivity contribution is 0.172. The molecule has 0 saturated carbocycles. The molecule has 0 unspecified atom stereocenters. The Kier molecular flexibility index (Phi) is 4.14. The van der Waals surface area contributed by atoms with Gasteiger partial charge in [-0.05, 0) is 54.9 Å². The maximum atomic E-state index is 13.0. The highest BCUT2D eigenvalue weighted by molar-refractivity contribution is 9.10. The average Bonchev–Trinajstić information content (AvgIpc) is 2.19. The molecule has 1 aromatic carbocycles. The van der Waals surface area contributed by atoms with Gasteiger partial charge in [-0.3, -0.25) is 4.90 Å². The Balaban J connectivity index is 3.28. The Labute approximate surface area is 109 Å². The van der Waals surface area contributed by atoms with Crippen molar-refractivity contribution in [3.05, 3.63) is 28.5 Å². The average molecular weight is 304 g/mol. The van der Waals surface area contributed by atoms with E-state index in [0.29, 0.717) is 10.2 Å². The molecule has 0 aromatic heterocycles. The second kappa shape index (κ2) is 5.04. The number of hydrogen-bond donors (Lipinski definition) is 0. The molecule has 0 spiro atoms. The second-order valence-electron chi connectivity index (χ2n) is 4.57. The Bertz CT molecular complexity index is 429. The third kappa shape index (κ3) is 3.19. The van der Waals surface area contributed by atoms with E-state index in [1.165, 1.54) is 24.1 Å². The fraction of sp³-hybridized carbons (Fsp3) is 0.417. The smallest absolute Gasteiger partial charge is 0.414 e. The summed E-state index contributed by atoms with van der Waals surface area (Å²) in [5.74, 6) is -0.362. The molecule has 94 valence electrons. The fourth-order valence-corrected chi connectivity index (χ4v) is 2.02. The standard InChI is InChI=1S/C12H15BrFNO2/c1-12(2,3)15(11(16)17-4)10-6-5-8(14)7-9(10)13/h5-7H,1-4H3. The Morgan fingerprint density at radius 3 is 2.41 bits per heavy atom. The molecule has 0 fully saturated rings. The zero-order valence-corrected chi connectivity index (χ0v) is 11.8. The van der Waals surface area contributed by atoms with E-state index in [0.717, 1.165) is 0 Å². The number of nitrogens with zero attached hydrogens (tertiary/aromatic N) is 1. The number of carbonyl (C=O) groups excluding carboxylic acids is 1. The minimum atomic E-state index is -0.482. The van der Waals surface area contributed by atoms with Crippen LogP contribution in [-0.4, -0.2) is 18.7 Å². The van der Waals surface area contributed by atoms with E-state index >= 15 is 0 Å². The first-order valence-corrected chi connectivity index (χ1v) is 5.90. The highest BCUT2D eigenvalue weighted by Gasteiger charge is 2.30. The van der Waals surface area contributed by atoms with Crippen molar-refractivity contribution >= 4 is 27.7 Å². The number of carbonyl (C=O) groups is 1. The van der Waals surface area contributed by atoms with Gasteiger partial charge in [-0.2, -0.15) is 0 Å². The van der Waals surface area contributed by atoms with E-state index in [1.807, 2.05) is 20.8 Å². The molecule has 1 aromatic rings. The van der Waals surface area contributed by atoms with Gasteiger partial charge in [0.2, 0.25) is 0 Å². The fourth-order valence-electron chi connectivity index (χ4n) is 1.49. The van der Waals surface area contributed by atoms with E-state index in [2.05, 4.69) is 15.9 Å². The van der Waals surface area contributed by atoms with Crippen LogP contribution in [0.5, 0.6) is 0 Å². The van der Waals surface area contributed by atoms with Gasteiger partial charge in [0.1, 0.15) is 5.82 Å². The lowest BCUT2D eigenvalue weighted by Crippen LogP contribution is -2.46. The number of benzene rings is 1. The molecule has 1 amide bonds. The van der Waals surface area contributed by atoms with E-state index in [-0.39, 0.29) is 5.82 Å². The third-order valence-electron chi connectivity index (χ3n) is 2.18. The molecule has 1 rings (SSSR count). The molecule has 0 heterocycles. The van der Waals surface area contributed by atoms with Crippen molar-refractivity contribution in [2.24, 2.45) is 0 Å². The van der Waals surface area contributed by atoms with Crippen molar-refractivity contribution in [1.82, 2.24) is 0 Å². The molecule has 0 aliphatic heterocycles. The van der Waals surface area contributed by atoms with Gasteiger partial charge >= 0.3 is 6.09 Å². The van der Waals surface area contributed by atoms with Crippen molar-refractivity contribution in [1.29, 1.82) is 0 Å². The van der Waals surface area contributed by atoms with Crippen molar-refractivity contribution in [3.8, 4) is 0 Å². The summed E-state index contributed by atoms with van der Waals surface area (Å²) in [6.45, 7) is 5.62. The summed E-state index contributed by atoms with van der Waals surface area (Å²) in [5.41, 5.74) is 0.110. The predicted molar refractivity (Wildman–Crippen MR) is 68.7 cm³/mol. The Morgan fingerprint density at radius 2 is 2.00 bits per heavy atom. The van der Waals surface area contributed by atoms with Crippen LogP contribution in [0.1, 0.15) is 20.8 Å². The molecular formula is C12H15BrFNO2. The molecule has 0 bridgehead atoms. The van der Waals surface area contributed by atoms with Gasteiger partial charge < -0.3 is 4.74 Å². The third-order valence-corrected chi connectivity index (χ3v) is 2.81. The summed E-state index contributed by atoms with van der Waals surface area (Å²) < 4.78 is 18.3. The van der Waals surface area contributed by atoms with Gasteiger partial charge in [0, 0.05) is 10.0 Å². The van der Waals surface area contributed by atoms with Crippen LogP contribution in [0.4, 0.5) is 14.9 Å². The SMILES string of the molecule is COC(=O)N(c1ccc(F)cc1Br)C(C)(C)C. The normalized spacial score (nSPS) is 11.2. The summed E-state index contributed by atoms with van der Waals surface area (Å²) in [5, 5.41) is 0. The van der Waals surface area contributed by atoms with E-state index in [9.17, 15) is 9.18 Å². The van der Waals surface area contributed by atoms with Gasteiger partial charge in [0.15, 0.2) is 0 Å². The maximum Gasteiger partial charge on any atom is 0.414 e. The van der Waals surface area contributed by atoms with Crippen molar-refractivity contribution in [2.45, 2.75) is 26.3 Å². The highest BCUT2D eigenvalue weighted by atomic mass is 79.9. The molecule has 0 N–H and O–H groups in total. The maximum absolute atomic E-state index is 13.0. The number of amides is 1.